The molecule has 2 heterocycles. The average molecular weight is 379 g/mol. The van der Waals surface area contributed by atoms with Crippen molar-refractivity contribution < 1.29 is 9.53 Å². The minimum Gasteiger partial charge on any atom is -0.362 e. The van der Waals surface area contributed by atoms with Crippen LogP contribution < -0.4 is 4.90 Å². The Balaban J connectivity index is 1.42. The predicted molar refractivity (Wildman–Crippen MR) is 113 cm³/mol. The maximum atomic E-state index is 13.5. The van der Waals surface area contributed by atoms with Gasteiger partial charge in [-0.1, -0.05) is 48.5 Å². The van der Waals surface area contributed by atoms with E-state index >= 15 is 0 Å². The van der Waals surface area contributed by atoms with E-state index in [1.54, 1.807) is 0 Å². The van der Waals surface area contributed by atoms with Crippen molar-refractivity contribution in [3.8, 4) is 0 Å². The Kier molecular flexibility index (Phi) is 6.08. The minimum atomic E-state index is -0.683. The standard InChI is InChI=1S/C24H30N2O2/c27-23-24(15-7-8-17-26(23)22-13-5-2-6-14-22)20-25(18-19-28-24)16-9-12-21-10-3-1-4-11-21/h1-6,10-11,13-14H,7-9,12,15-20H2. The number of para-hydroxylation sites is 1. The van der Waals surface area contributed by atoms with Crippen molar-refractivity contribution in [2.75, 3.05) is 37.7 Å². The third-order valence-electron chi connectivity index (χ3n) is 5.96. The number of carbonyl (C=O) groups is 1. The molecule has 0 radical (unpaired) electrons. The molecular weight excluding hydrogens is 348 g/mol. The molecule has 1 amide bonds. The summed E-state index contributed by atoms with van der Waals surface area (Å²) in [6.07, 6.45) is 5.07. The van der Waals surface area contributed by atoms with E-state index in [1.165, 1.54) is 5.56 Å². The molecule has 4 nitrogen and oxygen atoms in total. The van der Waals surface area contributed by atoms with Gasteiger partial charge in [0, 0.05) is 25.3 Å². The average Bonchev–Trinajstić information content (AvgIpc) is 2.89. The van der Waals surface area contributed by atoms with Crippen molar-refractivity contribution in [2.45, 2.75) is 37.7 Å². The lowest BCUT2D eigenvalue weighted by Crippen LogP contribution is -2.60. The van der Waals surface area contributed by atoms with Gasteiger partial charge in [0.25, 0.3) is 5.91 Å². The molecule has 0 bridgehead atoms. The van der Waals surface area contributed by atoms with Crippen LogP contribution >= 0.6 is 0 Å². The van der Waals surface area contributed by atoms with Gasteiger partial charge in [-0.3, -0.25) is 9.69 Å². The van der Waals surface area contributed by atoms with Crippen molar-refractivity contribution >= 4 is 11.6 Å². The molecule has 2 aliphatic rings. The normalized spacial score (nSPS) is 23.7. The zero-order valence-corrected chi connectivity index (χ0v) is 16.6. The summed E-state index contributed by atoms with van der Waals surface area (Å²) in [6, 6.07) is 20.7. The molecule has 2 aromatic carbocycles. The lowest BCUT2D eigenvalue weighted by atomic mass is 9.93. The number of hydrogen-bond donors (Lipinski definition) is 0. The van der Waals surface area contributed by atoms with Crippen LogP contribution in [0.4, 0.5) is 5.69 Å². The summed E-state index contributed by atoms with van der Waals surface area (Å²) < 4.78 is 6.21. The van der Waals surface area contributed by atoms with Crippen LogP contribution in [0.5, 0.6) is 0 Å². The summed E-state index contributed by atoms with van der Waals surface area (Å²) in [5.74, 6) is 0.143. The predicted octanol–water partition coefficient (Wildman–Crippen LogP) is 3.91. The molecule has 4 rings (SSSR count). The first-order valence-electron chi connectivity index (χ1n) is 10.5. The zero-order valence-electron chi connectivity index (χ0n) is 16.6. The lowest BCUT2D eigenvalue weighted by molar-refractivity contribution is -0.158. The summed E-state index contributed by atoms with van der Waals surface area (Å²) in [7, 11) is 0. The Morgan fingerprint density at radius 1 is 0.929 bits per heavy atom. The topological polar surface area (TPSA) is 32.8 Å². The highest BCUT2D eigenvalue weighted by Crippen LogP contribution is 2.32. The fourth-order valence-electron chi connectivity index (χ4n) is 4.47. The van der Waals surface area contributed by atoms with Gasteiger partial charge in [0.15, 0.2) is 5.60 Å². The molecular formula is C24H30N2O2. The first-order valence-corrected chi connectivity index (χ1v) is 10.5. The molecule has 0 saturated carbocycles. The van der Waals surface area contributed by atoms with Gasteiger partial charge in [-0.2, -0.15) is 0 Å². The first-order chi connectivity index (χ1) is 13.8. The molecule has 2 fully saturated rings. The summed E-state index contributed by atoms with van der Waals surface area (Å²) in [4.78, 5) is 17.9. The Morgan fingerprint density at radius 2 is 1.68 bits per heavy atom. The van der Waals surface area contributed by atoms with Gasteiger partial charge >= 0.3 is 0 Å². The number of nitrogens with zero attached hydrogens (tertiary/aromatic N) is 2. The second-order valence-electron chi connectivity index (χ2n) is 7.96. The second kappa shape index (κ2) is 8.89. The number of amides is 1. The monoisotopic (exact) mass is 378 g/mol. The molecule has 2 aromatic rings. The van der Waals surface area contributed by atoms with Crippen molar-refractivity contribution in [1.82, 2.24) is 4.90 Å². The molecule has 2 saturated heterocycles. The maximum absolute atomic E-state index is 13.5. The number of hydrogen-bond acceptors (Lipinski definition) is 3. The van der Waals surface area contributed by atoms with Crippen LogP contribution in [0.1, 0.15) is 31.2 Å². The van der Waals surface area contributed by atoms with Gasteiger partial charge in [-0.05, 0) is 56.3 Å². The third kappa shape index (κ3) is 4.29. The van der Waals surface area contributed by atoms with Gasteiger partial charge < -0.3 is 9.64 Å². The Morgan fingerprint density at radius 3 is 2.46 bits per heavy atom. The van der Waals surface area contributed by atoms with E-state index in [4.69, 9.17) is 4.74 Å². The van der Waals surface area contributed by atoms with Crippen LogP contribution in [0.2, 0.25) is 0 Å². The lowest BCUT2D eigenvalue weighted by Gasteiger charge is -2.42. The van der Waals surface area contributed by atoms with Gasteiger partial charge in [0.05, 0.1) is 6.61 Å². The van der Waals surface area contributed by atoms with Crippen LogP contribution in [0.15, 0.2) is 60.7 Å². The van der Waals surface area contributed by atoms with E-state index in [-0.39, 0.29) is 5.91 Å². The third-order valence-corrected chi connectivity index (χ3v) is 5.96. The van der Waals surface area contributed by atoms with E-state index < -0.39 is 5.60 Å². The van der Waals surface area contributed by atoms with E-state index in [0.29, 0.717) is 13.2 Å². The highest BCUT2D eigenvalue weighted by molar-refractivity contribution is 6.00. The molecule has 1 unspecified atom stereocenters. The second-order valence-corrected chi connectivity index (χ2v) is 7.96. The highest BCUT2D eigenvalue weighted by Gasteiger charge is 2.46. The van der Waals surface area contributed by atoms with Crippen molar-refractivity contribution in [1.29, 1.82) is 0 Å². The Labute approximate surface area is 168 Å². The molecule has 4 heteroatoms. The maximum Gasteiger partial charge on any atom is 0.260 e. The van der Waals surface area contributed by atoms with Gasteiger partial charge in [0.2, 0.25) is 0 Å². The van der Waals surface area contributed by atoms with E-state index in [0.717, 1.165) is 57.4 Å². The summed E-state index contributed by atoms with van der Waals surface area (Å²) >= 11 is 0. The summed E-state index contributed by atoms with van der Waals surface area (Å²) in [5.41, 5.74) is 1.68. The first kappa shape index (κ1) is 19.2. The van der Waals surface area contributed by atoms with Crippen molar-refractivity contribution in [3.63, 3.8) is 0 Å². The molecule has 0 N–H and O–H groups in total. The number of carbonyl (C=O) groups excluding carboxylic acids is 1. The van der Waals surface area contributed by atoms with E-state index in [2.05, 4.69) is 35.2 Å². The fourth-order valence-corrected chi connectivity index (χ4v) is 4.47. The summed E-state index contributed by atoms with van der Waals surface area (Å²) in [5, 5.41) is 0. The fraction of sp³-hybridized carbons (Fsp3) is 0.458. The molecule has 2 aliphatic heterocycles. The minimum absolute atomic E-state index is 0.143. The van der Waals surface area contributed by atoms with E-state index in [1.807, 2.05) is 35.2 Å². The number of morpholine rings is 1. The Bertz CT molecular complexity index is 765. The smallest absolute Gasteiger partial charge is 0.260 e. The zero-order chi connectivity index (χ0) is 19.2. The van der Waals surface area contributed by atoms with Crippen LogP contribution in [0.25, 0.3) is 0 Å². The largest absolute Gasteiger partial charge is 0.362 e. The molecule has 28 heavy (non-hydrogen) atoms. The van der Waals surface area contributed by atoms with Gasteiger partial charge in [-0.25, -0.2) is 0 Å². The van der Waals surface area contributed by atoms with Crippen LogP contribution in [0, 0.1) is 0 Å². The van der Waals surface area contributed by atoms with Crippen LogP contribution in [-0.4, -0.2) is 49.2 Å². The van der Waals surface area contributed by atoms with Crippen LogP contribution in [-0.2, 0) is 16.0 Å². The molecule has 1 atom stereocenters. The summed E-state index contributed by atoms with van der Waals surface area (Å²) in [6.45, 7) is 4.05. The number of anilines is 1. The van der Waals surface area contributed by atoms with Crippen molar-refractivity contribution in [2.24, 2.45) is 0 Å². The number of ether oxygens (including phenoxy) is 1. The molecule has 0 aliphatic carbocycles. The molecule has 148 valence electrons. The van der Waals surface area contributed by atoms with Crippen molar-refractivity contribution in [3.05, 3.63) is 66.2 Å². The number of rotatable bonds is 5. The van der Waals surface area contributed by atoms with Gasteiger partial charge in [-0.15, -0.1) is 0 Å². The molecule has 1 spiro atoms. The number of aryl methyl sites for hydroxylation is 1. The van der Waals surface area contributed by atoms with E-state index in [9.17, 15) is 4.79 Å². The quantitative estimate of drug-likeness (QED) is 0.791. The number of benzene rings is 2. The highest BCUT2D eigenvalue weighted by atomic mass is 16.5. The van der Waals surface area contributed by atoms with Gasteiger partial charge in [0.1, 0.15) is 0 Å². The Hall–Kier alpha value is -2.17. The molecule has 0 aromatic heterocycles. The SMILES string of the molecule is O=C1N(c2ccccc2)CCCCC12CN(CCCc1ccccc1)CCO2. The van der Waals surface area contributed by atoms with Crippen LogP contribution in [0.3, 0.4) is 0 Å².